The number of anilines is 1. The van der Waals surface area contributed by atoms with Gasteiger partial charge in [0.25, 0.3) is 0 Å². The first-order valence-electron chi connectivity index (χ1n) is 15.2. The average Bonchev–Trinajstić information content (AvgIpc) is 3.35. The molecular formula is C34H49N2O3S+. The molecule has 1 amide bonds. The summed E-state index contributed by atoms with van der Waals surface area (Å²) in [6, 6.07) is 13.8. The smallest absolute Gasteiger partial charge is 0.228 e. The summed E-state index contributed by atoms with van der Waals surface area (Å²) in [6.07, 6.45) is 16.1. The monoisotopic (exact) mass is 565 g/mol. The Balaban J connectivity index is 1.37. The van der Waals surface area contributed by atoms with Gasteiger partial charge in [0, 0.05) is 18.2 Å². The number of thiazole rings is 1. The van der Waals surface area contributed by atoms with E-state index < -0.39 is 0 Å². The zero-order valence-corrected chi connectivity index (χ0v) is 25.7. The van der Waals surface area contributed by atoms with Crippen LogP contribution in [-0.4, -0.2) is 19.6 Å². The highest BCUT2D eigenvalue weighted by Crippen LogP contribution is 2.29. The minimum atomic E-state index is -0.0476. The zero-order chi connectivity index (χ0) is 28.4. The van der Waals surface area contributed by atoms with Gasteiger partial charge in [0.1, 0.15) is 0 Å². The Bertz CT molecular complexity index is 1140. The molecule has 0 aliphatic heterocycles. The van der Waals surface area contributed by atoms with Gasteiger partial charge in [-0.1, -0.05) is 107 Å². The fourth-order valence-corrected chi connectivity index (χ4v) is 5.70. The highest BCUT2D eigenvalue weighted by molar-refractivity contribution is 7.07. The molecule has 0 saturated heterocycles. The Hall–Kier alpha value is -2.86. The SMILES string of the molecule is CCCCCCCCCCCCCCOc1cc(CC(=O)Nc2cccc(C[n+]3cscc3C)c2)ccc1OC. The molecule has 0 bridgehead atoms. The van der Waals surface area contributed by atoms with Crippen LogP contribution in [0, 0.1) is 6.92 Å². The number of carbonyl (C=O) groups excluding carboxylic acids is 1. The van der Waals surface area contributed by atoms with Crippen molar-refractivity contribution in [2.24, 2.45) is 0 Å². The van der Waals surface area contributed by atoms with E-state index in [1.807, 2.05) is 36.4 Å². The fraction of sp³-hybridized carbons (Fsp3) is 0.529. The number of hydrogen-bond acceptors (Lipinski definition) is 4. The van der Waals surface area contributed by atoms with E-state index in [0.717, 1.165) is 29.8 Å². The molecule has 5 nitrogen and oxygen atoms in total. The van der Waals surface area contributed by atoms with E-state index in [1.54, 1.807) is 18.4 Å². The van der Waals surface area contributed by atoms with Crippen LogP contribution in [0.1, 0.15) is 101 Å². The van der Waals surface area contributed by atoms with Crippen LogP contribution >= 0.6 is 11.3 Å². The van der Waals surface area contributed by atoms with Crippen molar-refractivity contribution in [2.45, 2.75) is 104 Å². The second kappa shape index (κ2) is 18.5. The van der Waals surface area contributed by atoms with Crippen LogP contribution in [0.3, 0.4) is 0 Å². The lowest BCUT2D eigenvalue weighted by atomic mass is 10.1. The average molecular weight is 566 g/mol. The van der Waals surface area contributed by atoms with Crippen LogP contribution in [0.4, 0.5) is 5.69 Å². The zero-order valence-electron chi connectivity index (χ0n) is 24.9. The number of nitrogens with zero attached hydrogens (tertiary/aromatic N) is 1. The van der Waals surface area contributed by atoms with E-state index >= 15 is 0 Å². The Labute approximate surface area is 245 Å². The standard InChI is InChI=1S/C34H48N2O3S/c1-4-5-6-7-8-9-10-11-12-13-14-15-21-39-33-23-29(19-20-32(33)38-3)24-34(37)35-31-18-16-17-30(22-31)25-36-27-40-26-28(36)2/h16-20,22-23,26-27H,4-15,21,24-25H2,1-3H3/p+1. The number of carbonyl (C=O) groups is 1. The van der Waals surface area contributed by atoms with Gasteiger partial charge in [-0.25, -0.2) is 0 Å². The van der Waals surface area contributed by atoms with Gasteiger partial charge < -0.3 is 14.8 Å². The molecule has 1 heterocycles. The van der Waals surface area contributed by atoms with Crippen LogP contribution in [0.25, 0.3) is 0 Å². The molecule has 3 aromatic rings. The van der Waals surface area contributed by atoms with Gasteiger partial charge in [-0.15, -0.1) is 0 Å². The van der Waals surface area contributed by atoms with Gasteiger partial charge in [-0.2, -0.15) is 4.57 Å². The largest absolute Gasteiger partial charge is 0.493 e. The molecule has 6 heteroatoms. The highest BCUT2D eigenvalue weighted by Gasteiger charge is 2.12. The fourth-order valence-electron chi connectivity index (χ4n) is 4.92. The highest BCUT2D eigenvalue weighted by atomic mass is 32.1. The molecule has 1 N–H and O–H groups in total. The summed E-state index contributed by atoms with van der Waals surface area (Å²) in [6.45, 7) is 5.83. The van der Waals surface area contributed by atoms with Crippen molar-refractivity contribution < 1.29 is 18.8 Å². The number of aryl methyl sites for hydroxylation is 1. The quantitative estimate of drug-likeness (QED) is 0.110. The first-order valence-corrected chi connectivity index (χ1v) is 16.1. The van der Waals surface area contributed by atoms with Gasteiger partial charge in [-0.05, 0) is 36.2 Å². The van der Waals surface area contributed by atoms with E-state index in [9.17, 15) is 4.79 Å². The predicted molar refractivity (Wildman–Crippen MR) is 167 cm³/mol. The maximum atomic E-state index is 12.8. The topological polar surface area (TPSA) is 51.4 Å². The lowest BCUT2D eigenvalue weighted by Gasteiger charge is -2.13. The molecule has 1 aromatic heterocycles. The molecule has 0 aliphatic carbocycles. The second-order valence-corrected chi connectivity index (χ2v) is 11.5. The van der Waals surface area contributed by atoms with Crippen molar-refractivity contribution in [3.63, 3.8) is 0 Å². The Kier molecular flexibility index (Phi) is 14.6. The number of methoxy groups -OCH3 is 1. The number of ether oxygens (including phenoxy) is 2. The summed E-state index contributed by atoms with van der Waals surface area (Å²) in [5.74, 6) is 1.37. The first kappa shape index (κ1) is 31.7. The Morgan fingerprint density at radius 1 is 0.850 bits per heavy atom. The van der Waals surface area contributed by atoms with Gasteiger partial charge in [0.05, 0.1) is 25.5 Å². The Morgan fingerprint density at radius 2 is 1.55 bits per heavy atom. The summed E-state index contributed by atoms with van der Waals surface area (Å²) < 4.78 is 13.8. The van der Waals surface area contributed by atoms with Crippen molar-refractivity contribution in [3.05, 3.63) is 70.2 Å². The molecule has 40 heavy (non-hydrogen) atoms. The summed E-state index contributed by atoms with van der Waals surface area (Å²) in [7, 11) is 1.65. The van der Waals surface area contributed by atoms with Crippen LogP contribution in [0.2, 0.25) is 0 Å². The first-order chi connectivity index (χ1) is 19.6. The third-order valence-electron chi connectivity index (χ3n) is 7.29. The van der Waals surface area contributed by atoms with Crippen molar-refractivity contribution >= 4 is 22.9 Å². The number of nitrogens with one attached hydrogen (secondary N) is 1. The van der Waals surface area contributed by atoms with Gasteiger partial charge in [-0.3, -0.25) is 4.79 Å². The third kappa shape index (κ3) is 11.7. The van der Waals surface area contributed by atoms with Crippen LogP contribution < -0.4 is 19.4 Å². The molecule has 0 atom stereocenters. The van der Waals surface area contributed by atoms with Gasteiger partial charge in [0.15, 0.2) is 23.7 Å². The molecule has 0 aliphatic rings. The lowest BCUT2D eigenvalue weighted by Crippen LogP contribution is -2.34. The van der Waals surface area contributed by atoms with Crippen molar-refractivity contribution in [1.82, 2.24) is 0 Å². The van der Waals surface area contributed by atoms with E-state index in [2.05, 4.69) is 40.7 Å². The molecule has 2 aromatic carbocycles. The van der Waals surface area contributed by atoms with E-state index in [1.165, 1.54) is 76.3 Å². The maximum absolute atomic E-state index is 12.8. The minimum absolute atomic E-state index is 0.0476. The van der Waals surface area contributed by atoms with E-state index in [0.29, 0.717) is 18.1 Å². The summed E-state index contributed by atoms with van der Waals surface area (Å²) in [5.41, 5.74) is 6.22. The molecule has 0 spiro atoms. The number of benzene rings is 2. The second-order valence-electron chi connectivity index (χ2n) is 10.8. The van der Waals surface area contributed by atoms with Crippen LogP contribution in [-0.2, 0) is 17.8 Å². The predicted octanol–water partition coefficient (Wildman–Crippen LogP) is 8.66. The maximum Gasteiger partial charge on any atom is 0.228 e. The number of hydrogen-bond donors (Lipinski definition) is 1. The van der Waals surface area contributed by atoms with Gasteiger partial charge in [0.2, 0.25) is 11.4 Å². The van der Waals surface area contributed by atoms with Crippen molar-refractivity contribution in [3.8, 4) is 11.5 Å². The third-order valence-corrected chi connectivity index (χ3v) is 8.14. The van der Waals surface area contributed by atoms with E-state index in [-0.39, 0.29) is 12.3 Å². The van der Waals surface area contributed by atoms with Crippen molar-refractivity contribution in [2.75, 3.05) is 19.0 Å². The van der Waals surface area contributed by atoms with Crippen molar-refractivity contribution in [1.29, 1.82) is 0 Å². The molecule has 0 unspecified atom stereocenters. The summed E-state index contributed by atoms with van der Waals surface area (Å²) in [4.78, 5) is 12.8. The molecule has 218 valence electrons. The number of unbranched alkanes of at least 4 members (excludes halogenated alkanes) is 11. The van der Waals surface area contributed by atoms with Crippen LogP contribution in [0.15, 0.2) is 53.4 Å². The molecule has 0 radical (unpaired) electrons. The number of amides is 1. The molecular weight excluding hydrogens is 516 g/mol. The normalized spacial score (nSPS) is 11.0. The summed E-state index contributed by atoms with van der Waals surface area (Å²) in [5, 5.41) is 5.19. The van der Waals surface area contributed by atoms with E-state index in [4.69, 9.17) is 9.47 Å². The number of aromatic nitrogens is 1. The number of rotatable bonds is 20. The molecule has 3 rings (SSSR count). The molecule has 0 saturated carbocycles. The lowest BCUT2D eigenvalue weighted by molar-refractivity contribution is -0.689. The van der Waals surface area contributed by atoms with Crippen LogP contribution in [0.5, 0.6) is 11.5 Å². The molecule has 0 fully saturated rings. The summed E-state index contributed by atoms with van der Waals surface area (Å²) >= 11 is 1.69. The van der Waals surface area contributed by atoms with Gasteiger partial charge >= 0.3 is 0 Å². The minimum Gasteiger partial charge on any atom is -0.493 e. The Morgan fingerprint density at radius 3 is 2.20 bits per heavy atom.